The molecule has 31 heavy (non-hydrogen) atoms. The van der Waals surface area contributed by atoms with Crippen molar-refractivity contribution in [2.75, 3.05) is 0 Å². The summed E-state index contributed by atoms with van der Waals surface area (Å²) < 4.78 is 5.93. The van der Waals surface area contributed by atoms with Gasteiger partial charge >= 0.3 is 0 Å². The summed E-state index contributed by atoms with van der Waals surface area (Å²) in [4.78, 5) is 10.2. The summed E-state index contributed by atoms with van der Waals surface area (Å²) in [5.41, 5.74) is 3.71. The van der Waals surface area contributed by atoms with Gasteiger partial charge in [-0.1, -0.05) is 47.5 Å². The molecule has 5 aromatic rings. The quantitative estimate of drug-likeness (QED) is 0.264. The van der Waals surface area contributed by atoms with Crippen molar-refractivity contribution < 1.29 is 4.42 Å². The van der Waals surface area contributed by atoms with Crippen molar-refractivity contribution in [2.24, 2.45) is 0 Å². The van der Waals surface area contributed by atoms with Crippen molar-refractivity contribution in [3.63, 3.8) is 0 Å². The van der Waals surface area contributed by atoms with Gasteiger partial charge in [0.05, 0.1) is 17.8 Å². The molecule has 5 rings (SSSR count). The maximum Gasteiger partial charge on any atom is 0.259 e. The fraction of sp³-hybridized carbons (Fsp3) is 0.0909. The first-order valence-corrected chi connectivity index (χ1v) is 11.8. The molecule has 0 saturated heterocycles. The van der Waals surface area contributed by atoms with Crippen molar-refractivity contribution >= 4 is 45.9 Å². The highest BCUT2D eigenvalue weighted by atomic mass is 35.5. The van der Waals surface area contributed by atoms with E-state index in [2.05, 4.69) is 20.2 Å². The van der Waals surface area contributed by atoms with E-state index in [1.165, 1.54) is 11.3 Å². The molecule has 2 aromatic carbocycles. The molecule has 0 bridgehead atoms. The van der Waals surface area contributed by atoms with Crippen LogP contribution in [0.3, 0.4) is 0 Å². The minimum absolute atomic E-state index is 0.464. The number of rotatable bonds is 5. The van der Waals surface area contributed by atoms with Gasteiger partial charge in [-0.15, -0.1) is 32.9 Å². The number of nitrogens with zero attached hydrogens (tertiary/aromatic N) is 4. The summed E-state index contributed by atoms with van der Waals surface area (Å²) in [5.74, 6) is 0.981. The Morgan fingerprint density at radius 2 is 1.74 bits per heavy atom. The lowest BCUT2D eigenvalue weighted by Crippen LogP contribution is -1.88. The fourth-order valence-corrected chi connectivity index (χ4v) is 5.15. The van der Waals surface area contributed by atoms with Crippen LogP contribution in [0.15, 0.2) is 58.3 Å². The summed E-state index contributed by atoms with van der Waals surface area (Å²) in [5, 5.41) is 13.6. The number of hydrogen-bond acceptors (Lipinski definition) is 7. The SMILES string of the molecule is Cc1nc(-c2ccc(Cl)cc2)sc1-c1nnc(Cc2csc(-c3cccc(Cl)c3)n2)o1. The summed E-state index contributed by atoms with van der Waals surface area (Å²) in [6.07, 6.45) is 0.464. The van der Waals surface area contributed by atoms with Crippen LogP contribution in [0.5, 0.6) is 0 Å². The van der Waals surface area contributed by atoms with Crippen LogP contribution in [0.1, 0.15) is 17.3 Å². The third-order valence-electron chi connectivity index (χ3n) is 4.50. The second-order valence-corrected chi connectivity index (χ2v) is 9.50. The van der Waals surface area contributed by atoms with Gasteiger partial charge in [-0.05, 0) is 31.2 Å². The van der Waals surface area contributed by atoms with Crippen molar-refractivity contribution in [2.45, 2.75) is 13.3 Å². The van der Waals surface area contributed by atoms with Crippen LogP contribution in [0.2, 0.25) is 10.0 Å². The van der Waals surface area contributed by atoms with Gasteiger partial charge < -0.3 is 4.42 Å². The number of aromatic nitrogens is 4. The van der Waals surface area contributed by atoms with Crippen LogP contribution < -0.4 is 0 Å². The van der Waals surface area contributed by atoms with E-state index >= 15 is 0 Å². The zero-order valence-corrected chi connectivity index (χ0v) is 19.3. The Labute approximate surface area is 196 Å². The lowest BCUT2D eigenvalue weighted by molar-refractivity contribution is 0.517. The van der Waals surface area contributed by atoms with E-state index in [9.17, 15) is 0 Å². The molecular formula is C22H14Cl2N4OS2. The van der Waals surface area contributed by atoms with Gasteiger partial charge in [-0.2, -0.15) is 0 Å². The number of aryl methyl sites for hydroxylation is 1. The van der Waals surface area contributed by atoms with Crippen LogP contribution in [-0.4, -0.2) is 20.2 Å². The zero-order valence-electron chi connectivity index (χ0n) is 16.2. The van der Waals surface area contributed by atoms with E-state index in [-0.39, 0.29) is 0 Å². The van der Waals surface area contributed by atoms with Gasteiger partial charge in [0.2, 0.25) is 5.89 Å². The molecular weight excluding hydrogens is 471 g/mol. The van der Waals surface area contributed by atoms with Gasteiger partial charge in [0.15, 0.2) is 0 Å². The van der Waals surface area contributed by atoms with E-state index in [1.807, 2.05) is 60.8 Å². The molecule has 0 amide bonds. The lowest BCUT2D eigenvalue weighted by atomic mass is 10.2. The maximum absolute atomic E-state index is 6.09. The first-order valence-electron chi connectivity index (χ1n) is 9.31. The summed E-state index contributed by atoms with van der Waals surface area (Å²) >= 11 is 15.1. The standard InChI is InChI=1S/C22H14Cl2N4OS2/c1-12-19(31-22(25-12)13-5-7-15(23)8-6-13)20-28-27-18(29-20)10-17-11-30-21(26-17)14-3-2-4-16(24)9-14/h2-9,11H,10H2,1H3. The first-order chi connectivity index (χ1) is 15.0. The van der Waals surface area contributed by atoms with Gasteiger partial charge in [-0.3, -0.25) is 0 Å². The van der Waals surface area contributed by atoms with Crippen molar-refractivity contribution in [1.29, 1.82) is 0 Å². The molecule has 0 aliphatic rings. The molecule has 0 aliphatic carbocycles. The molecule has 0 radical (unpaired) electrons. The van der Waals surface area contributed by atoms with E-state index in [0.717, 1.165) is 37.4 Å². The molecule has 0 atom stereocenters. The molecule has 9 heteroatoms. The Hall–Kier alpha value is -2.58. The largest absolute Gasteiger partial charge is 0.419 e. The van der Waals surface area contributed by atoms with Gasteiger partial charge in [0, 0.05) is 26.6 Å². The number of halogens is 2. The van der Waals surface area contributed by atoms with E-state index < -0.39 is 0 Å². The predicted molar refractivity (Wildman–Crippen MR) is 126 cm³/mol. The summed E-state index contributed by atoms with van der Waals surface area (Å²) in [6.45, 7) is 1.94. The molecule has 0 aliphatic heterocycles. The number of benzene rings is 2. The second kappa shape index (κ2) is 8.51. The molecule has 154 valence electrons. The molecule has 3 heterocycles. The fourth-order valence-electron chi connectivity index (χ4n) is 3.02. The Balaban J connectivity index is 1.36. The van der Waals surface area contributed by atoms with Crippen molar-refractivity contribution in [3.8, 4) is 31.9 Å². The second-order valence-electron chi connectivity index (χ2n) is 6.77. The zero-order chi connectivity index (χ0) is 21.4. The van der Waals surface area contributed by atoms with Crippen molar-refractivity contribution in [1.82, 2.24) is 20.2 Å². The molecule has 0 spiro atoms. The lowest BCUT2D eigenvalue weighted by Gasteiger charge is -1.96. The highest BCUT2D eigenvalue weighted by Crippen LogP contribution is 2.35. The average Bonchev–Trinajstić information content (AvgIpc) is 3.49. The van der Waals surface area contributed by atoms with Crippen molar-refractivity contribution in [3.05, 3.63) is 81.2 Å². The predicted octanol–water partition coefficient (Wildman–Crippen LogP) is 7.19. The Morgan fingerprint density at radius 1 is 0.903 bits per heavy atom. The summed E-state index contributed by atoms with van der Waals surface area (Å²) in [7, 11) is 0. The monoisotopic (exact) mass is 484 g/mol. The van der Waals surface area contributed by atoms with Crippen LogP contribution >= 0.6 is 45.9 Å². The van der Waals surface area contributed by atoms with Crippen LogP contribution in [0.4, 0.5) is 0 Å². The molecule has 0 saturated carbocycles. The molecule has 3 aromatic heterocycles. The average molecular weight is 485 g/mol. The Kier molecular flexibility index (Phi) is 5.58. The minimum atomic E-state index is 0.464. The smallest absolute Gasteiger partial charge is 0.259 e. The van der Waals surface area contributed by atoms with Crippen LogP contribution in [-0.2, 0) is 6.42 Å². The Morgan fingerprint density at radius 3 is 2.55 bits per heavy atom. The third kappa shape index (κ3) is 4.41. The highest BCUT2D eigenvalue weighted by Gasteiger charge is 2.18. The first kappa shape index (κ1) is 20.3. The topological polar surface area (TPSA) is 64.7 Å². The highest BCUT2D eigenvalue weighted by molar-refractivity contribution is 7.18. The maximum atomic E-state index is 6.09. The summed E-state index contributed by atoms with van der Waals surface area (Å²) in [6, 6.07) is 15.3. The molecule has 0 N–H and O–H groups in total. The molecule has 0 fully saturated rings. The number of thiazole rings is 2. The normalized spacial score (nSPS) is 11.2. The molecule has 5 nitrogen and oxygen atoms in total. The third-order valence-corrected chi connectivity index (χ3v) is 7.13. The molecule has 0 unspecified atom stereocenters. The van der Waals surface area contributed by atoms with Gasteiger partial charge in [0.25, 0.3) is 5.89 Å². The van der Waals surface area contributed by atoms with Crippen LogP contribution in [0.25, 0.3) is 31.9 Å². The van der Waals surface area contributed by atoms with Crippen LogP contribution in [0, 0.1) is 6.92 Å². The van der Waals surface area contributed by atoms with Gasteiger partial charge in [0.1, 0.15) is 14.9 Å². The van der Waals surface area contributed by atoms with E-state index in [4.69, 9.17) is 27.6 Å². The minimum Gasteiger partial charge on any atom is -0.419 e. The number of hydrogen-bond donors (Lipinski definition) is 0. The van der Waals surface area contributed by atoms with E-state index in [0.29, 0.717) is 28.2 Å². The van der Waals surface area contributed by atoms with E-state index in [1.54, 1.807) is 11.3 Å². The van der Waals surface area contributed by atoms with Gasteiger partial charge in [-0.25, -0.2) is 9.97 Å². The Bertz CT molecular complexity index is 1360.